The highest BCUT2D eigenvalue weighted by atomic mass is 16.5. The van der Waals surface area contributed by atoms with Gasteiger partial charge in [0.1, 0.15) is 29.4 Å². The average molecular weight is 473 g/mol. The van der Waals surface area contributed by atoms with Crippen molar-refractivity contribution in [2.24, 2.45) is 7.05 Å². The van der Waals surface area contributed by atoms with Crippen LogP contribution in [0.5, 0.6) is 11.5 Å². The van der Waals surface area contributed by atoms with Crippen LogP contribution in [-0.2, 0) is 13.6 Å². The van der Waals surface area contributed by atoms with Crippen LogP contribution in [0.3, 0.4) is 0 Å². The molecule has 0 aliphatic carbocycles. The van der Waals surface area contributed by atoms with Gasteiger partial charge in [-0.2, -0.15) is 5.10 Å². The summed E-state index contributed by atoms with van der Waals surface area (Å²) in [7, 11) is 6.77. The molecule has 0 aliphatic heterocycles. The van der Waals surface area contributed by atoms with Gasteiger partial charge < -0.3 is 24.1 Å². The maximum absolute atomic E-state index is 5.68. The van der Waals surface area contributed by atoms with E-state index in [1.807, 2.05) is 42.4 Å². The Hall–Kier alpha value is -4.74. The predicted molar refractivity (Wildman–Crippen MR) is 129 cm³/mol. The first-order chi connectivity index (χ1) is 17.1. The van der Waals surface area contributed by atoms with Crippen molar-refractivity contribution in [3.8, 4) is 22.8 Å². The second kappa shape index (κ2) is 9.25. The first-order valence-corrected chi connectivity index (χ1v) is 10.7. The number of fused-ring (bicyclic) bond motifs is 1. The highest BCUT2D eigenvalue weighted by Gasteiger charge is 2.19. The van der Waals surface area contributed by atoms with Crippen molar-refractivity contribution in [3.05, 3.63) is 54.8 Å². The Morgan fingerprint density at radius 3 is 2.49 bits per heavy atom. The van der Waals surface area contributed by atoms with E-state index >= 15 is 0 Å². The van der Waals surface area contributed by atoms with Crippen molar-refractivity contribution in [3.63, 3.8) is 0 Å². The minimum absolute atomic E-state index is 0.249. The number of benzene rings is 1. The Balaban J connectivity index is 1.61. The van der Waals surface area contributed by atoms with Crippen molar-refractivity contribution >= 4 is 28.7 Å². The lowest BCUT2D eigenvalue weighted by atomic mass is 10.2. The van der Waals surface area contributed by atoms with Gasteiger partial charge in [0.25, 0.3) is 0 Å². The summed E-state index contributed by atoms with van der Waals surface area (Å²) in [5, 5.41) is 15.2. The van der Waals surface area contributed by atoms with Crippen LogP contribution in [-0.4, -0.2) is 56.2 Å². The van der Waals surface area contributed by atoms with Crippen LogP contribution in [0.4, 0.5) is 17.5 Å². The molecule has 0 aliphatic rings. The van der Waals surface area contributed by atoms with Crippen LogP contribution in [0.1, 0.15) is 5.89 Å². The number of aromatic nitrogens is 7. The maximum Gasteiger partial charge on any atom is 0.315 e. The Morgan fingerprint density at radius 2 is 1.83 bits per heavy atom. The smallest absolute Gasteiger partial charge is 0.315 e. The van der Waals surface area contributed by atoms with E-state index in [2.05, 4.69) is 25.6 Å². The molecule has 178 valence electrons. The van der Waals surface area contributed by atoms with Gasteiger partial charge in [-0.1, -0.05) is 5.10 Å². The Kier molecular flexibility index (Phi) is 5.83. The van der Waals surface area contributed by atoms with Crippen molar-refractivity contribution in [2.75, 3.05) is 31.5 Å². The molecule has 0 unspecified atom stereocenters. The van der Waals surface area contributed by atoms with E-state index in [1.54, 1.807) is 44.4 Å². The summed E-state index contributed by atoms with van der Waals surface area (Å²) in [5.74, 6) is 2.26. The molecule has 1 N–H and O–H groups in total. The van der Waals surface area contributed by atoms with Gasteiger partial charge in [0.15, 0.2) is 5.65 Å². The zero-order valence-electron chi connectivity index (χ0n) is 19.6. The number of hydrogen-bond donors (Lipinski definition) is 1. The fraction of sp³-hybridized carbons (Fsp3) is 0.217. The third-order valence-electron chi connectivity index (χ3n) is 5.29. The number of methoxy groups -OCH3 is 2. The molecule has 5 aromatic rings. The monoisotopic (exact) mass is 473 g/mol. The highest BCUT2D eigenvalue weighted by Crippen LogP contribution is 2.34. The molecule has 12 nitrogen and oxygen atoms in total. The fourth-order valence-electron chi connectivity index (χ4n) is 3.54. The molecule has 0 atom stereocenters. The molecule has 0 saturated heterocycles. The molecule has 0 spiro atoms. The van der Waals surface area contributed by atoms with Crippen LogP contribution in [0, 0.1) is 0 Å². The van der Waals surface area contributed by atoms with E-state index in [4.69, 9.17) is 23.9 Å². The van der Waals surface area contributed by atoms with Crippen molar-refractivity contribution in [2.45, 2.75) is 6.54 Å². The fourth-order valence-corrected chi connectivity index (χ4v) is 3.54. The molecule has 35 heavy (non-hydrogen) atoms. The Labute approximate surface area is 200 Å². The molecule has 1 aromatic carbocycles. The third-order valence-corrected chi connectivity index (χ3v) is 5.29. The summed E-state index contributed by atoms with van der Waals surface area (Å²) in [6, 6.07) is 9.61. The molecule has 0 amide bonds. The number of aryl methyl sites for hydroxylation is 1. The number of anilines is 3. The van der Waals surface area contributed by atoms with E-state index in [9.17, 15) is 0 Å². The van der Waals surface area contributed by atoms with Crippen LogP contribution >= 0.6 is 0 Å². The second-order valence-electron chi connectivity index (χ2n) is 7.58. The summed E-state index contributed by atoms with van der Waals surface area (Å²) in [5.41, 5.74) is 3.45. The van der Waals surface area contributed by atoms with E-state index in [0.717, 1.165) is 11.3 Å². The molecule has 0 fully saturated rings. The van der Waals surface area contributed by atoms with E-state index in [-0.39, 0.29) is 6.54 Å². The van der Waals surface area contributed by atoms with Gasteiger partial charge >= 0.3 is 6.01 Å². The molecule has 0 saturated carbocycles. The maximum atomic E-state index is 5.68. The standard InChI is InChI=1S/C23H23N9O3/c1-24-23-30-29-21(35-23)13-32(15-7-16(33-3)9-17(8-15)34-4)20-6-5-18-22(28-20)27-19(11-25-18)14-10-26-31(2)12-14/h5-12H,13H2,1-4H3,(H,24,30). The van der Waals surface area contributed by atoms with Crippen LogP contribution in [0.2, 0.25) is 0 Å². The zero-order valence-corrected chi connectivity index (χ0v) is 19.6. The first kappa shape index (κ1) is 22.1. The molecule has 0 bridgehead atoms. The number of nitrogens with one attached hydrogen (secondary N) is 1. The average Bonchev–Trinajstić information content (AvgIpc) is 3.55. The lowest BCUT2D eigenvalue weighted by Crippen LogP contribution is -2.18. The van der Waals surface area contributed by atoms with Gasteiger partial charge in [0.2, 0.25) is 5.89 Å². The molecule has 4 aromatic heterocycles. The quantitative estimate of drug-likeness (QED) is 0.356. The number of nitrogens with zero attached hydrogens (tertiary/aromatic N) is 8. The molecule has 0 radical (unpaired) electrons. The number of rotatable bonds is 8. The van der Waals surface area contributed by atoms with Gasteiger partial charge in [0.05, 0.1) is 38.0 Å². The lowest BCUT2D eigenvalue weighted by Gasteiger charge is -2.23. The normalized spacial score (nSPS) is 11.0. The van der Waals surface area contributed by atoms with E-state index < -0.39 is 0 Å². The summed E-state index contributed by atoms with van der Waals surface area (Å²) >= 11 is 0. The zero-order chi connectivity index (χ0) is 24.4. The van der Waals surface area contributed by atoms with Gasteiger partial charge in [0, 0.05) is 44.1 Å². The third kappa shape index (κ3) is 4.53. The lowest BCUT2D eigenvalue weighted by molar-refractivity contribution is 0.394. The molecular formula is C23H23N9O3. The second-order valence-corrected chi connectivity index (χ2v) is 7.58. The van der Waals surface area contributed by atoms with Crippen molar-refractivity contribution in [1.82, 2.24) is 34.9 Å². The highest BCUT2D eigenvalue weighted by molar-refractivity contribution is 5.77. The first-order valence-electron chi connectivity index (χ1n) is 10.7. The molecule has 12 heteroatoms. The molecule has 4 heterocycles. The van der Waals surface area contributed by atoms with Crippen molar-refractivity contribution < 1.29 is 13.9 Å². The number of ether oxygens (including phenoxy) is 2. The van der Waals surface area contributed by atoms with Gasteiger partial charge in [-0.3, -0.25) is 9.67 Å². The minimum atomic E-state index is 0.249. The van der Waals surface area contributed by atoms with Gasteiger partial charge in [-0.25, -0.2) is 9.97 Å². The summed E-state index contributed by atoms with van der Waals surface area (Å²) < 4.78 is 18.3. The van der Waals surface area contributed by atoms with Crippen LogP contribution in [0.25, 0.3) is 22.4 Å². The number of pyridine rings is 1. The van der Waals surface area contributed by atoms with E-state index in [0.29, 0.717) is 46.1 Å². The van der Waals surface area contributed by atoms with Crippen molar-refractivity contribution in [1.29, 1.82) is 0 Å². The summed E-state index contributed by atoms with van der Waals surface area (Å²) in [6.45, 7) is 0.249. The topological polar surface area (TPSA) is 129 Å². The predicted octanol–water partition coefficient (Wildman–Crippen LogP) is 3.21. The SMILES string of the molecule is CNc1nnc(CN(c2cc(OC)cc(OC)c2)c2ccc3ncc(-c4cnn(C)c4)nc3n2)o1. The van der Waals surface area contributed by atoms with Crippen LogP contribution in [0.15, 0.2) is 53.3 Å². The van der Waals surface area contributed by atoms with Gasteiger partial charge in [-0.05, 0) is 12.1 Å². The van der Waals surface area contributed by atoms with Gasteiger partial charge in [-0.15, -0.1) is 5.10 Å². The minimum Gasteiger partial charge on any atom is -0.497 e. The van der Waals surface area contributed by atoms with Crippen LogP contribution < -0.4 is 19.7 Å². The number of hydrogen-bond acceptors (Lipinski definition) is 11. The largest absolute Gasteiger partial charge is 0.497 e. The summed E-state index contributed by atoms with van der Waals surface area (Å²) in [4.78, 5) is 16.0. The van der Waals surface area contributed by atoms with E-state index in [1.165, 1.54) is 0 Å². The Morgan fingerprint density at radius 1 is 1.03 bits per heavy atom. The summed E-state index contributed by atoms with van der Waals surface area (Å²) in [6.07, 6.45) is 5.33. The molecule has 5 rings (SSSR count). The Bertz CT molecular complexity index is 1460. The molecular weight excluding hydrogens is 450 g/mol.